The Balaban J connectivity index is 2.12. The topological polar surface area (TPSA) is 113 Å². The first kappa shape index (κ1) is 20.4. The van der Waals surface area contributed by atoms with Gasteiger partial charge in [-0.3, -0.25) is 19.2 Å². The van der Waals surface area contributed by atoms with E-state index in [0.29, 0.717) is 25.8 Å². The lowest BCUT2D eigenvalue weighted by molar-refractivity contribution is -0.137. The van der Waals surface area contributed by atoms with Gasteiger partial charge in [0.05, 0.1) is 18.6 Å². The highest BCUT2D eigenvalue weighted by Gasteiger charge is 2.52. The van der Waals surface area contributed by atoms with Crippen LogP contribution in [0, 0.1) is 5.92 Å². The van der Waals surface area contributed by atoms with Crippen LogP contribution in [0.4, 0.5) is 0 Å². The summed E-state index contributed by atoms with van der Waals surface area (Å²) in [5.74, 6) is -0.612. The van der Waals surface area contributed by atoms with Gasteiger partial charge in [-0.1, -0.05) is 20.8 Å². The summed E-state index contributed by atoms with van der Waals surface area (Å²) < 4.78 is 0. The Morgan fingerprint density at radius 3 is 2.42 bits per heavy atom. The minimum Gasteiger partial charge on any atom is -0.345 e. The van der Waals surface area contributed by atoms with Gasteiger partial charge in [0.15, 0.2) is 5.78 Å². The van der Waals surface area contributed by atoms with E-state index in [1.54, 1.807) is 4.90 Å². The molecule has 26 heavy (non-hydrogen) atoms. The highest BCUT2D eigenvalue weighted by atomic mass is 16.2. The molecule has 2 aliphatic rings. The van der Waals surface area contributed by atoms with Gasteiger partial charge in [0, 0.05) is 13.5 Å². The standard InChI is InChI=1S/C18H30N4O4/c1-5-13(20-11(4)23)18(26)22-9-15(24)16-14(22)6-7-21(16)17(25)12(19)8-10(2)3/h10,12-14,16H,5-9,19H2,1-4H3,(H,20,23). The van der Waals surface area contributed by atoms with Crippen molar-refractivity contribution < 1.29 is 19.2 Å². The molecule has 0 saturated carbocycles. The van der Waals surface area contributed by atoms with Gasteiger partial charge in [-0.05, 0) is 25.2 Å². The van der Waals surface area contributed by atoms with E-state index in [-0.39, 0.29) is 42.0 Å². The van der Waals surface area contributed by atoms with Crippen LogP contribution in [0.5, 0.6) is 0 Å². The van der Waals surface area contributed by atoms with Gasteiger partial charge in [-0.2, -0.15) is 0 Å². The van der Waals surface area contributed by atoms with Crippen LogP contribution in [-0.4, -0.2) is 70.6 Å². The monoisotopic (exact) mass is 366 g/mol. The second-order valence-electron chi connectivity index (χ2n) is 7.66. The Kier molecular flexibility index (Phi) is 6.39. The third-order valence-corrected chi connectivity index (χ3v) is 5.11. The molecule has 0 spiro atoms. The largest absolute Gasteiger partial charge is 0.345 e. The third kappa shape index (κ3) is 4.06. The van der Waals surface area contributed by atoms with Crippen LogP contribution in [0.25, 0.3) is 0 Å². The van der Waals surface area contributed by atoms with Crippen molar-refractivity contribution in [1.82, 2.24) is 15.1 Å². The van der Waals surface area contributed by atoms with E-state index in [0.717, 1.165) is 0 Å². The zero-order valence-corrected chi connectivity index (χ0v) is 16.0. The summed E-state index contributed by atoms with van der Waals surface area (Å²) in [5, 5.41) is 2.63. The summed E-state index contributed by atoms with van der Waals surface area (Å²) in [4.78, 5) is 52.4. The van der Waals surface area contributed by atoms with Gasteiger partial charge in [-0.15, -0.1) is 0 Å². The second-order valence-corrected chi connectivity index (χ2v) is 7.66. The molecule has 8 nitrogen and oxygen atoms in total. The molecular formula is C18H30N4O4. The van der Waals surface area contributed by atoms with Crippen molar-refractivity contribution >= 4 is 23.5 Å². The minimum absolute atomic E-state index is 0.0204. The molecule has 0 aromatic heterocycles. The van der Waals surface area contributed by atoms with Gasteiger partial charge in [-0.25, -0.2) is 0 Å². The summed E-state index contributed by atoms with van der Waals surface area (Å²) >= 11 is 0. The summed E-state index contributed by atoms with van der Waals surface area (Å²) in [7, 11) is 0. The number of Topliss-reactive ketones (excluding diaryl/α,β-unsaturated/α-hetero) is 1. The first-order valence-corrected chi connectivity index (χ1v) is 9.33. The minimum atomic E-state index is -0.646. The molecule has 2 heterocycles. The average Bonchev–Trinajstić information content (AvgIpc) is 3.12. The predicted molar refractivity (Wildman–Crippen MR) is 96.0 cm³/mol. The number of carbonyl (C=O) groups is 4. The van der Waals surface area contributed by atoms with E-state index >= 15 is 0 Å². The number of hydrogen-bond acceptors (Lipinski definition) is 5. The molecule has 0 aliphatic carbocycles. The molecule has 4 unspecified atom stereocenters. The lowest BCUT2D eigenvalue weighted by atomic mass is 10.0. The fourth-order valence-corrected chi connectivity index (χ4v) is 3.96. The van der Waals surface area contributed by atoms with Gasteiger partial charge < -0.3 is 20.9 Å². The number of nitrogens with two attached hydrogens (primary N) is 1. The van der Waals surface area contributed by atoms with Crippen LogP contribution in [0.15, 0.2) is 0 Å². The molecule has 0 aromatic rings. The maximum atomic E-state index is 12.8. The third-order valence-electron chi connectivity index (χ3n) is 5.11. The van der Waals surface area contributed by atoms with Crippen molar-refractivity contribution in [3.05, 3.63) is 0 Å². The lowest BCUT2D eigenvalue weighted by Gasteiger charge is -2.28. The van der Waals surface area contributed by atoms with E-state index in [4.69, 9.17) is 5.73 Å². The summed E-state index contributed by atoms with van der Waals surface area (Å²) in [5.41, 5.74) is 6.01. The maximum Gasteiger partial charge on any atom is 0.245 e. The van der Waals surface area contributed by atoms with Crippen molar-refractivity contribution in [2.24, 2.45) is 11.7 Å². The normalized spacial score (nSPS) is 24.6. The van der Waals surface area contributed by atoms with Crippen molar-refractivity contribution in [3.63, 3.8) is 0 Å². The van der Waals surface area contributed by atoms with Gasteiger partial charge in [0.2, 0.25) is 17.7 Å². The van der Waals surface area contributed by atoms with Crippen molar-refractivity contribution in [2.75, 3.05) is 13.1 Å². The Morgan fingerprint density at radius 1 is 1.23 bits per heavy atom. The number of hydrogen-bond donors (Lipinski definition) is 2. The molecule has 146 valence electrons. The summed E-state index contributed by atoms with van der Waals surface area (Å²) in [6.07, 6.45) is 1.56. The molecule has 2 rings (SSSR count). The molecule has 8 heteroatoms. The Labute approximate surface area is 154 Å². The fraction of sp³-hybridized carbons (Fsp3) is 0.778. The zero-order chi connectivity index (χ0) is 19.6. The number of carbonyl (C=O) groups excluding carboxylic acids is 4. The molecule has 3 amide bonds. The van der Waals surface area contributed by atoms with Gasteiger partial charge in [0.1, 0.15) is 12.1 Å². The highest BCUT2D eigenvalue weighted by Crippen LogP contribution is 2.31. The number of nitrogens with one attached hydrogen (secondary N) is 1. The molecule has 0 bridgehead atoms. The Bertz CT molecular complexity index is 592. The first-order valence-electron chi connectivity index (χ1n) is 9.33. The molecule has 4 atom stereocenters. The molecule has 0 aromatic carbocycles. The fourth-order valence-electron chi connectivity index (χ4n) is 3.96. The smallest absolute Gasteiger partial charge is 0.245 e. The first-order chi connectivity index (χ1) is 12.2. The molecule has 0 radical (unpaired) electrons. The van der Waals surface area contributed by atoms with Crippen LogP contribution < -0.4 is 11.1 Å². The van der Waals surface area contributed by atoms with Crippen LogP contribution in [0.1, 0.15) is 47.0 Å². The highest BCUT2D eigenvalue weighted by molar-refractivity contribution is 5.99. The molecule has 2 saturated heterocycles. The number of rotatable bonds is 6. The number of ketones is 1. The van der Waals surface area contributed by atoms with Crippen LogP contribution >= 0.6 is 0 Å². The molecule has 2 aliphatic heterocycles. The second kappa shape index (κ2) is 8.16. The SMILES string of the molecule is CCC(NC(C)=O)C(=O)N1CC(=O)C2C1CCN2C(=O)C(N)CC(C)C. The quantitative estimate of drug-likeness (QED) is 0.667. The number of likely N-dealkylation sites (tertiary alicyclic amines) is 2. The molecular weight excluding hydrogens is 336 g/mol. The Morgan fingerprint density at radius 2 is 1.88 bits per heavy atom. The van der Waals surface area contributed by atoms with Crippen LogP contribution in [0.3, 0.4) is 0 Å². The molecule has 3 N–H and O–H groups in total. The van der Waals surface area contributed by atoms with Gasteiger partial charge >= 0.3 is 0 Å². The lowest BCUT2D eigenvalue weighted by Crippen LogP contribution is -2.51. The van der Waals surface area contributed by atoms with Crippen molar-refractivity contribution in [3.8, 4) is 0 Å². The van der Waals surface area contributed by atoms with E-state index in [2.05, 4.69) is 5.32 Å². The number of amides is 3. The van der Waals surface area contributed by atoms with Crippen LogP contribution in [-0.2, 0) is 19.2 Å². The van der Waals surface area contributed by atoms with E-state index in [9.17, 15) is 19.2 Å². The molecule has 2 fully saturated rings. The van der Waals surface area contributed by atoms with E-state index in [1.165, 1.54) is 11.8 Å². The number of nitrogens with zero attached hydrogens (tertiary/aromatic N) is 2. The average molecular weight is 366 g/mol. The maximum absolute atomic E-state index is 12.8. The summed E-state index contributed by atoms with van der Waals surface area (Å²) in [6.45, 7) is 7.56. The van der Waals surface area contributed by atoms with Crippen LogP contribution in [0.2, 0.25) is 0 Å². The van der Waals surface area contributed by atoms with Gasteiger partial charge in [0.25, 0.3) is 0 Å². The van der Waals surface area contributed by atoms with E-state index in [1.807, 2.05) is 20.8 Å². The van der Waals surface area contributed by atoms with E-state index < -0.39 is 18.1 Å². The predicted octanol–water partition coefficient (Wildman–Crippen LogP) is -0.345. The Hall–Kier alpha value is -1.96. The van der Waals surface area contributed by atoms with Crippen molar-refractivity contribution in [2.45, 2.75) is 71.1 Å². The summed E-state index contributed by atoms with van der Waals surface area (Å²) in [6, 6.07) is -2.21. The zero-order valence-electron chi connectivity index (χ0n) is 16.0. The number of fused-ring (bicyclic) bond motifs is 1. The van der Waals surface area contributed by atoms with Crippen molar-refractivity contribution in [1.29, 1.82) is 0 Å².